The second-order valence-corrected chi connectivity index (χ2v) is 6.11. The van der Waals surface area contributed by atoms with Crippen molar-refractivity contribution in [2.45, 2.75) is 12.6 Å². The Hall–Kier alpha value is -3.03. The summed E-state index contributed by atoms with van der Waals surface area (Å²) in [5.74, 6) is -1.20. The van der Waals surface area contributed by atoms with Gasteiger partial charge < -0.3 is 15.0 Å². The number of hydrogen-bond donors (Lipinski definition) is 1. The number of alkyl halides is 3. The number of nitrogens with one attached hydrogen (secondary N) is 1. The zero-order valence-corrected chi connectivity index (χ0v) is 14.4. The number of amides is 2. The van der Waals surface area contributed by atoms with Crippen LogP contribution in [-0.4, -0.2) is 25.5 Å². The van der Waals surface area contributed by atoms with Gasteiger partial charge in [0.15, 0.2) is 0 Å². The van der Waals surface area contributed by atoms with E-state index < -0.39 is 23.6 Å². The molecular formula is C19H17F3N2O3. The van der Waals surface area contributed by atoms with Crippen LogP contribution in [0.4, 0.5) is 24.5 Å². The average molecular weight is 378 g/mol. The van der Waals surface area contributed by atoms with Crippen molar-refractivity contribution in [2.75, 3.05) is 23.9 Å². The zero-order valence-electron chi connectivity index (χ0n) is 14.4. The van der Waals surface area contributed by atoms with E-state index in [-0.39, 0.29) is 24.6 Å². The number of halogens is 3. The molecule has 1 aliphatic rings. The van der Waals surface area contributed by atoms with Crippen LogP contribution in [0.3, 0.4) is 0 Å². The Balaban J connectivity index is 1.78. The number of benzene rings is 2. The van der Waals surface area contributed by atoms with E-state index in [1.54, 1.807) is 24.3 Å². The second-order valence-electron chi connectivity index (χ2n) is 6.11. The molecule has 1 fully saturated rings. The Bertz CT molecular complexity index is 867. The third-order valence-corrected chi connectivity index (χ3v) is 4.36. The second kappa shape index (κ2) is 7.30. The summed E-state index contributed by atoms with van der Waals surface area (Å²) in [6, 6.07) is 11.6. The van der Waals surface area contributed by atoms with Crippen molar-refractivity contribution in [1.29, 1.82) is 0 Å². The van der Waals surface area contributed by atoms with E-state index in [1.807, 2.05) is 0 Å². The fourth-order valence-electron chi connectivity index (χ4n) is 3.04. The molecule has 0 saturated carbocycles. The molecule has 1 N–H and O–H groups in total. The van der Waals surface area contributed by atoms with E-state index in [0.717, 1.165) is 6.07 Å². The maximum Gasteiger partial charge on any atom is 0.418 e. The number of anilines is 2. The maximum atomic E-state index is 13.1. The lowest BCUT2D eigenvalue weighted by Gasteiger charge is -2.19. The van der Waals surface area contributed by atoms with Crippen molar-refractivity contribution in [2.24, 2.45) is 5.92 Å². The first-order valence-corrected chi connectivity index (χ1v) is 8.21. The van der Waals surface area contributed by atoms with Crippen LogP contribution in [0.25, 0.3) is 0 Å². The van der Waals surface area contributed by atoms with Gasteiger partial charge in [0.05, 0.1) is 30.0 Å². The summed E-state index contributed by atoms with van der Waals surface area (Å²) in [7, 11) is 1.47. The van der Waals surface area contributed by atoms with Crippen molar-refractivity contribution < 1.29 is 27.5 Å². The topological polar surface area (TPSA) is 58.6 Å². The number of para-hydroxylation sites is 3. The summed E-state index contributed by atoms with van der Waals surface area (Å²) in [6.07, 6.45) is -4.67. The number of ether oxygens (including phenoxy) is 1. The minimum absolute atomic E-state index is 0.0687. The smallest absolute Gasteiger partial charge is 0.418 e. The monoisotopic (exact) mass is 378 g/mol. The number of carbonyl (C=O) groups excluding carboxylic acids is 2. The third-order valence-electron chi connectivity index (χ3n) is 4.36. The highest BCUT2D eigenvalue weighted by Crippen LogP contribution is 2.36. The fraction of sp³-hybridized carbons (Fsp3) is 0.263. The van der Waals surface area contributed by atoms with E-state index in [0.29, 0.717) is 11.4 Å². The number of nitrogens with zero attached hydrogens (tertiary/aromatic N) is 1. The first kappa shape index (κ1) is 18.8. The molecule has 0 radical (unpaired) electrons. The molecule has 1 aliphatic heterocycles. The Morgan fingerprint density at radius 3 is 2.52 bits per heavy atom. The van der Waals surface area contributed by atoms with Crippen molar-refractivity contribution in [3.8, 4) is 5.75 Å². The predicted molar refractivity (Wildman–Crippen MR) is 93.5 cm³/mol. The zero-order chi connectivity index (χ0) is 19.6. The highest BCUT2D eigenvalue weighted by Gasteiger charge is 2.38. The lowest BCUT2D eigenvalue weighted by molar-refractivity contribution is -0.137. The van der Waals surface area contributed by atoms with E-state index >= 15 is 0 Å². The molecule has 1 heterocycles. The Kier molecular flexibility index (Phi) is 5.07. The van der Waals surface area contributed by atoms with Gasteiger partial charge in [0.1, 0.15) is 5.75 Å². The predicted octanol–water partition coefficient (Wildman–Crippen LogP) is 3.71. The van der Waals surface area contributed by atoms with Crippen LogP contribution >= 0.6 is 0 Å². The first-order valence-electron chi connectivity index (χ1n) is 8.21. The molecule has 0 bridgehead atoms. The molecule has 0 aromatic heterocycles. The van der Waals surface area contributed by atoms with E-state index in [2.05, 4.69) is 5.32 Å². The summed E-state index contributed by atoms with van der Waals surface area (Å²) < 4.78 is 44.5. The van der Waals surface area contributed by atoms with Gasteiger partial charge in [-0.2, -0.15) is 13.2 Å². The third kappa shape index (κ3) is 3.89. The van der Waals surface area contributed by atoms with Crippen LogP contribution in [0, 0.1) is 5.92 Å². The van der Waals surface area contributed by atoms with Crippen molar-refractivity contribution >= 4 is 23.2 Å². The minimum Gasteiger partial charge on any atom is -0.495 e. The van der Waals surface area contributed by atoms with Gasteiger partial charge in [-0.05, 0) is 24.3 Å². The summed E-state index contributed by atoms with van der Waals surface area (Å²) in [5.41, 5.74) is -0.724. The highest BCUT2D eigenvalue weighted by molar-refractivity contribution is 6.04. The molecule has 2 amide bonds. The van der Waals surface area contributed by atoms with Gasteiger partial charge in [-0.25, -0.2) is 0 Å². The van der Waals surface area contributed by atoms with Crippen molar-refractivity contribution in [3.63, 3.8) is 0 Å². The largest absolute Gasteiger partial charge is 0.495 e. The Labute approximate surface area is 153 Å². The maximum absolute atomic E-state index is 13.1. The van der Waals surface area contributed by atoms with E-state index in [1.165, 1.54) is 30.2 Å². The van der Waals surface area contributed by atoms with Gasteiger partial charge >= 0.3 is 6.18 Å². The van der Waals surface area contributed by atoms with E-state index in [4.69, 9.17) is 4.74 Å². The van der Waals surface area contributed by atoms with Gasteiger partial charge in [0.25, 0.3) is 0 Å². The molecule has 5 nitrogen and oxygen atoms in total. The number of hydrogen-bond acceptors (Lipinski definition) is 3. The standard InChI is InChI=1S/C19H17F3N2O3/c1-27-16-9-5-4-8-15(16)24-11-12(10-17(24)25)18(26)23-14-7-3-2-6-13(14)19(20,21)22/h2-9,12H,10-11H2,1H3,(H,23,26)/t12-/m1/s1. The molecule has 1 saturated heterocycles. The van der Waals surface area contributed by atoms with Crippen LogP contribution < -0.4 is 15.0 Å². The summed E-state index contributed by atoms with van der Waals surface area (Å²) in [6.45, 7) is 0.0687. The molecule has 2 aromatic rings. The van der Waals surface area contributed by atoms with Crippen LogP contribution in [0.15, 0.2) is 48.5 Å². The SMILES string of the molecule is COc1ccccc1N1C[C@H](C(=O)Nc2ccccc2C(F)(F)F)CC1=O. The van der Waals surface area contributed by atoms with Gasteiger partial charge in [-0.3, -0.25) is 9.59 Å². The summed E-state index contributed by atoms with van der Waals surface area (Å²) >= 11 is 0. The molecular weight excluding hydrogens is 361 g/mol. The van der Waals surface area contributed by atoms with Crippen molar-refractivity contribution in [3.05, 3.63) is 54.1 Å². The fourth-order valence-corrected chi connectivity index (χ4v) is 3.04. The minimum atomic E-state index is -4.58. The summed E-state index contributed by atoms with van der Waals surface area (Å²) in [4.78, 5) is 26.2. The molecule has 1 atom stereocenters. The molecule has 142 valence electrons. The molecule has 27 heavy (non-hydrogen) atoms. The van der Waals surface area contributed by atoms with Crippen LogP contribution in [0.2, 0.25) is 0 Å². The normalized spacial score (nSPS) is 17.1. The van der Waals surface area contributed by atoms with Gasteiger partial charge in [0, 0.05) is 13.0 Å². The number of methoxy groups -OCH3 is 1. The van der Waals surface area contributed by atoms with Gasteiger partial charge in [-0.15, -0.1) is 0 Å². The average Bonchev–Trinajstić information content (AvgIpc) is 3.03. The molecule has 8 heteroatoms. The van der Waals surface area contributed by atoms with Gasteiger partial charge in [0.2, 0.25) is 11.8 Å². The molecule has 2 aromatic carbocycles. The number of carbonyl (C=O) groups is 2. The number of rotatable bonds is 4. The molecule has 0 spiro atoms. The Morgan fingerprint density at radius 2 is 1.81 bits per heavy atom. The molecule has 0 aliphatic carbocycles. The van der Waals surface area contributed by atoms with Gasteiger partial charge in [-0.1, -0.05) is 24.3 Å². The lowest BCUT2D eigenvalue weighted by atomic mass is 10.1. The van der Waals surface area contributed by atoms with E-state index in [9.17, 15) is 22.8 Å². The van der Waals surface area contributed by atoms with Crippen LogP contribution in [0.1, 0.15) is 12.0 Å². The Morgan fingerprint density at radius 1 is 1.15 bits per heavy atom. The molecule has 3 rings (SSSR count). The lowest BCUT2D eigenvalue weighted by Crippen LogP contribution is -2.29. The van der Waals surface area contributed by atoms with Crippen LogP contribution in [0.5, 0.6) is 5.75 Å². The summed E-state index contributed by atoms with van der Waals surface area (Å²) in [5, 5.41) is 2.31. The van der Waals surface area contributed by atoms with Crippen LogP contribution in [-0.2, 0) is 15.8 Å². The van der Waals surface area contributed by atoms with Crippen molar-refractivity contribution in [1.82, 2.24) is 0 Å². The quantitative estimate of drug-likeness (QED) is 0.883. The highest BCUT2D eigenvalue weighted by atomic mass is 19.4. The first-order chi connectivity index (χ1) is 12.8. The molecule has 0 unspecified atom stereocenters.